The molecule has 3 rings (SSSR count). The number of aryl methyl sites for hydroxylation is 1. The number of rotatable bonds is 4. The number of hydrogen-bond donors (Lipinski definition) is 1. The molecule has 1 aromatic rings. The summed E-state index contributed by atoms with van der Waals surface area (Å²) in [6.07, 6.45) is 3.87. The highest BCUT2D eigenvalue weighted by atomic mass is 15.2. The quantitative estimate of drug-likeness (QED) is 0.918. The van der Waals surface area contributed by atoms with Crippen LogP contribution in [0, 0.1) is 6.92 Å². The number of benzene rings is 1. The summed E-state index contributed by atoms with van der Waals surface area (Å²) >= 11 is 0. The lowest BCUT2D eigenvalue weighted by atomic mass is 10.0. The SMILES string of the molecule is CCN1CC[C@@H](NC2CCN(c3cccc(C)c3)CC2)C1. The third-order valence-corrected chi connectivity index (χ3v) is 5.05. The van der Waals surface area contributed by atoms with Gasteiger partial charge in [-0.15, -0.1) is 0 Å². The minimum Gasteiger partial charge on any atom is -0.371 e. The summed E-state index contributed by atoms with van der Waals surface area (Å²) in [6, 6.07) is 10.3. The molecule has 0 amide bonds. The van der Waals surface area contributed by atoms with Crippen molar-refractivity contribution in [1.29, 1.82) is 0 Å². The van der Waals surface area contributed by atoms with E-state index in [9.17, 15) is 0 Å². The minimum atomic E-state index is 0.716. The van der Waals surface area contributed by atoms with Crippen molar-refractivity contribution in [3.63, 3.8) is 0 Å². The first-order chi connectivity index (χ1) is 10.2. The zero-order valence-electron chi connectivity index (χ0n) is 13.5. The van der Waals surface area contributed by atoms with E-state index in [1.165, 1.54) is 63.2 Å². The molecule has 2 heterocycles. The number of anilines is 1. The normalized spacial score (nSPS) is 24.7. The molecule has 0 unspecified atom stereocenters. The molecule has 2 fully saturated rings. The highest BCUT2D eigenvalue weighted by molar-refractivity contribution is 5.48. The second kappa shape index (κ2) is 6.80. The molecular weight excluding hydrogens is 258 g/mol. The molecule has 1 aromatic carbocycles. The molecule has 1 N–H and O–H groups in total. The maximum Gasteiger partial charge on any atom is 0.0368 e. The molecule has 0 radical (unpaired) electrons. The minimum absolute atomic E-state index is 0.716. The summed E-state index contributed by atoms with van der Waals surface area (Å²) in [4.78, 5) is 5.09. The molecule has 0 bridgehead atoms. The zero-order valence-corrected chi connectivity index (χ0v) is 13.5. The fourth-order valence-corrected chi connectivity index (χ4v) is 3.72. The zero-order chi connectivity index (χ0) is 14.7. The van der Waals surface area contributed by atoms with Gasteiger partial charge in [-0.3, -0.25) is 0 Å². The van der Waals surface area contributed by atoms with Crippen LogP contribution in [0.4, 0.5) is 5.69 Å². The van der Waals surface area contributed by atoms with E-state index >= 15 is 0 Å². The van der Waals surface area contributed by atoms with Gasteiger partial charge < -0.3 is 15.1 Å². The molecule has 0 aromatic heterocycles. The Balaban J connectivity index is 1.47. The van der Waals surface area contributed by atoms with Gasteiger partial charge in [0.15, 0.2) is 0 Å². The number of nitrogens with zero attached hydrogens (tertiary/aromatic N) is 2. The highest BCUT2D eigenvalue weighted by Gasteiger charge is 2.26. The predicted octanol–water partition coefficient (Wildman–Crippen LogP) is 2.65. The number of piperidine rings is 1. The van der Waals surface area contributed by atoms with E-state index < -0.39 is 0 Å². The van der Waals surface area contributed by atoms with Crippen LogP contribution in [0.2, 0.25) is 0 Å². The molecular formula is C18H29N3. The molecule has 0 spiro atoms. The van der Waals surface area contributed by atoms with E-state index in [0.717, 1.165) is 6.04 Å². The molecule has 3 nitrogen and oxygen atoms in total. The van der Waals surface area contributed by atoms with Gasteiger partial charge in [0.2, 0.25) is 0 Å². The highest BCUT2D eigenvalue weighted by Crippen LogP contribution is 2.22. The maximum atomic E-state index is 3.90. The Morgan fingerprint density at radius 3 is 2.52 bits per heavy atom. The Labute approximate surface area is 129 Å². The summed E-state index contributed by atoms with van der Waals surface area (Å²) in [6.45, 7) is 10.5. The van der Waals surface area contributed by atoms with Crippen LogP contribution >= 0.6 is 0 Å². The average molecular weight is 287 g/mol. The van der Waals surface area contributed by atoms with Crippen molar-refractivity contribution in [2.45, 2.75) is 45.2 Å². The second-order valence-corrected chi connectivity index (χ2v) is 6.65. The van der Waals surface area contributed by atoms with Crippen LogP contribution in [0.25, 0.3) is 0 Å². The fourth-order valence-electron chi connectivity index (χ4n) is 3.72. The number of hydrogen-bond acceptors (Lipinski definition) is 3. The van der Waals surface area contributed by atoms with Gasteiger partial charge in [0.05, 0.1) is 0 Å². The first-order valence-electron chi connectivity index (χ1n) is 8.54. The third-order valence-electron chi connectivity index (χ3n) is 5.05. The van der Waals surface area contributed by atoms with Crippen LogP contribution in [0.15, 0.2) is 24.3 Å². The summed E-state index contributed by atoms with van der Waals surface area (Å²) < 4.78 is 0. The third kappa shape index (κ3) is 3.78. The van der Waals surface area contributed by atoms with Gasteiger partial charge >= 0.3 is 0 Å². The fraction of sp³-hybridized carbons (Fsp3) is 0.667. The standard InChI is InChI=1S/C18H29N3/c1-3-20-10-7-17(14-20)19-16-8-11-21(12-9-16)18-6-4-5-15(2)13-18/h4-6,13,16-17,19H,3,7-12,14H2,1-2H3/t17-/m1/s1. The van der Waals surface area contributed by atoms with E-state index in [0.29, 0.717) is 6.04 Å². The molecule has 2 aliphatic heterocycles. The van der Waals surface area contributed by atoms with Crippen LogP contribution in [0.3, 0.4) is 0 Å². The van der Waals surface area contributed by atoms with Crippen molar-refractivity contribution in [3.8, 4) is 0 Å². The lowest BCUT2D eigenvalue weighted by Crippen LogP contribution is -2.47. The Kier molecular flexibility index (Phi) is 4.81. The molecule has 21 heavy (non-hydrogen) atoms. The average Bonchev–Trinajstić information content (AvgIpc) is 2.96. The first-order valence-corrected chi connectivity index (χ1v) is 8.54. The van der Waals surface area contributed by atoms with Crippen molar-refractivity contribution in [3.05, 3.63) is 29.8 Å². The number of likely N-dealkylation sites (tertiary alicyclic amines) is 1. The van der Waals surface area contributed by atoms with Crippen LogP contribution in [-0.4, -0.2) is 49.7 Å². The predicted molar refractivity (Wildman–Crippen MR) is 90.1 cm³/mol. The summed E-state index contributed by atoms with van der Waals surface area (Å²) in [5.41, 5.74) is 2.75. The van der Waals surface area contributed by atoms with E-state index in [1.807, 2.05) is 0 Å². The van der Waals surface area contributed by atoms with E-state index in [4.69, 9.17) is 0 Å². The van der Waals surface area contributed by atoms with E-state index in [2.05, 4.69) is 53.2 Å². The van der Waals surface area contributed by atoms with Crippen LogP contribution in [-0.2, 0) is 0 Å². The van der Waals surface area contributed by atoms with Crippen molar-refractivity contribution in [2.75, 3.05) is 37.6 Å². The smallest absolute Gasteiger partial charge is 0.0368 e. The molecule has 3 heteroatoms. The Morgan fingerprint density at radius 2 is 1.86 bits per heavy atom. The van der Waals surface area contributed by atoms with Gasteiger partial charge in [-0.2, -0.15) is 0 Å². The van der Waals surface area contributed by atoms with Gasteiger partial charge in [0.25, 0.3) is 0 Å². The lowest BCUT2D eigenvalue weighted by molar-refractivity contribution is 0.325. The van der Waals surface area contributed by atoms with E-state index in [1.54, 1.807) is 0 Å². The Bertz CT molecular complexity index is 452. The van der Waals surface area contributed by atoms with Gasteiger partial charge in [-0.25, -0.2) is 0 Å². The topological polar surface area (TPSA) is 18.5 Å². The monoisotopic (exact) mass is 287 g/mol. The van der Waals surface area contributed by atoms with Crippen molar-refractivity contribution in [1.82, 2.24) is 10.2 Å². The van der Waals surface area contributed by atoms with Gasteiger partial charge in [0.1, 0.15) is 0 Å². The van der Waals surface area contributed by atoms with Gasteiger partial charge in [-0.05, 0) is 57.0 Å². The second-order valence-electron chi connectivity index (χ2n) is 6.65. The van der Waals surface area contributed by atoms with Gasteiger partial charge in [-0.1, -0.05) is 19.1 Å². The van der Waals surface area contributed by atoms with Crippen molar-refractivity contribution < 1.29 is 0 Å². The molecule has 0 aliphatic carbocycles. The molecule has 2 saturated heterocycles. The summed E-state index contributed by atoms with van der Waals surface area (Å²) in [5, 5.41) is 3.90. The van der Waals surface area contributed by atoms with E-state index in [-0.39, 0.29) is 0 Å². The van der Waals surface area contributed by atoms with Crippen LogP contribution < -0.4 is 10.2 Å². The lowest BCUT2D eigenvalue weighted by Gasteiger charge is -2.35. The van der Waals surface area contributed by atoms with Crippen LogP contribution in [0.1, 0.15) is 31.7 Å². The molecule has 2 aliphatic rings. The first kappa shape index (κ1) is 14.9. The number of nitrogens with one attached hydrogen (secondary N) is 1. The molecule has 116 valence electrons. The largest absolute Gasteiger partial charge is 0.371 e. The van der Waals surface area contributed by atoms with Gasteiger partial charge in [0, 0.05) is 37.4 Å². The molecule has 0 saturated carbocycles. The summed E-state index contributed by atoms with van der Waals surface area (Å²) in [5.74, 6) is 0. The summed E-state index contributed by atoms with van der Waals surface area (Å²) in [7, 11) is 0. The van der Waals surface area contributed by atoms with Crippen LogP contribution in [0.5, 0.6) is 0 Å². The number of likely N-dealkylation sites (N-methyl/N-ethyl adjacent to an activating group) is 1. The van der Waals surface area contributed by atoms with Crippen molar-refractivity contribution >= 4 is 5.69 Å². The maximum absolute atomic E-state index is 3.90. The molecule has 1 atom stereocenters. The Morgan fingerprint density at radius 1 is 1.10 bits per heavy atom. The Hall–Kier alpha value is -1.06. The van der Waals surface area contributed by atoms with Crippen molar-refractivity contribution in [2.24, 2.45) is 0 Å².